The van der Waals surface area contributed by atoms with Crippen LogP contribution >= 0.6 is 11.8 Å². The summed E-state index contributed by atoms with van der Waals surface area (Å²) in [7, 11) is 0. The molecule has 0 N–H and O–H groups in total. The van der Waals surface area contributed by atoms with Gasteiger partial charge in [0.15, 0.2) is 0 Å². The molecule has 3 aromatic rings. The van der Waals surface area contributed by atoms with E-state index in [9.17, 15) is 9.59 Å². The summed E-state index contributed by atoms with van der Waals surface area (Å²) in [5.74, 6) is 1.14. The number of carbonyl (C=O) groups excluding carboxylic acids is 2. The van der Waals surface area contributed by atoms with E-state index < -0.39 is 0 Å². The van der Waals surface area contributed by atoms with Crippen molar-refractivity contribution in [2.24, 2.45) is 0 Å². The van der Waals surface area contributed by atoms with Gasteiger partial charge in [-0.05, 0) is 36.1 Å². The number of nitrogens with zero attached hydrogens (tertiary/aromatic N) is 3. The van der Waals surface area contributed by atoms with Crippen LogP contribution in [0.2, 0.25) is 0 Å². The molecule has 0 aliphatic carbocycles. The van der Waals surface area contributed by atoms with Gasteiger partial charge in [0.05, 0.1) is 0 Å². The Bertz CT molecular complexity index is 980. The molecule has 0 spiro atoms. The Morgan fingerprint density at radius 3 is 2.36 bits per heavy atom. The van der Waals surface area contributed by atoms with Crippen molar-refractivity contribution < 1.29 is 14.0 Å². The van der Waals surface area contributed by atoms with Gasteiger partial charge in [-0.2, -0.15) is 0 Å². The molecule has 1 aliphatic rings. The third kappa shape index (κ3) is 3.54. The molecule has 0 fully saturated rings. The van der Waals surface area contributed by atoms with Crippen molar-refractivity contribution >= 4 is 34.3 Å². The maximum absolute atomic E-state index is 12.8. The van der Waals surface area contributed by atoms with Crippen LogP contribution in [0.5, 0.6) is 0 Å². The standard InChI is InChI=1S/C21H21N3O3S/c1-2-28-21-23-22-17(27-21)12-4-3-5-13-24-19(25)15-10-6-8-14-9-7-11-16(18(14)15)20(24)26/h6-11H,2-5,12-13H2,1H3. The first-order valence-electron chi connectivity index (χ1n) is 9.52. The van der Waals surface area contributed by atoms with Crippen LogP contribution in [-0.2, 0) is 6.42 Å². The first-order valence-corrected chi connectivity index (χ1v) is 10.5. The van der Waals surface area contributed by atoms with Crippen molar-refractivity contribution in [3.05, 3.63) is 53.4 Å². The van der Waals surface area contributed by atoms with Crippen LogP contribution in [0, 0.1) is 0 Å². The Kier molecular flexibility index (Phi) is 5.43. The number of aryl methyl sites for hydroxylation is 1. The number of imide groups is 1. The Morgan fingerprint density at radius 2 is 1.68 bits per heavy atom. The molecule has 6 nitrogen and oxygen atoms in total. The monoisotopic (exact) mass is 395 g/mol. The highest BCUT2D eigenvalue weighted by molar-refractivity contribution is 7.99. The van der Waals surface area contributed by atoms with E-state index in [0.29, 0.717) is 35.2 Å². The second kappa shape index (κ2) is 8.14. The summed E-state index contributed by atoms with van der Waals surface area (Å²) >= 11 is 1.53. The molecule has 0 bridgehead atoms. The molecule has 1 aliphatic heterocycles. The molecule has 7 heteroatoms. The average molecular weight is 395 g/mol. The normalized spacial score (nSPS) is 13.5. The highest BCUT2D eigenvalue weighted by atomic mass is 32.2. The molecule has 0 saturated heterocycles. The zero-order valence-electron chi connectivity index (χ0n) is 15.7. The molecule has 0 unspecified atom stereocenters. The van der Waals surface area contributed by atoms with Gasteiger partial charge in [-0.25, -0.2) is 0 Å². The summed E-state index contributed by atoms with van der Waals surface area (Å²) in [4.78, 5) is 27.0. The lowest BCUT2D eigenvalue weighted by atomic mass is 9.94. The Hall–Kier alpha value is -2.67. The smallest absolute Gasteiger partial charge is 0.276 e. The predicted molar refractivity (Wildman–Crippen MR) is 108 cm³/mol. The fourth-order valence-electron chi connectivity index (χ4n) is 3.53. The predicted octanol–water partition coefficient (Wildman–Crippen LogP) is 4.34. The molecule has 4 rings (SSSR count). The molecule has 0 radical (unpaired) electrons. The topological polar surface area (TPSA) is 76.3 Å². The highest BCUT2D eigenvalue weighted by Crippen LogP contribution is 2.30. The Labute approximate surface area is 167 Å². The van der Waals surface area contributed by atoms with Crippen molar-refractivity contribution in [1.82, 2.24) is 15.1 Å². The fraction of sp³-hybridized carbons (Fsp3) is 0.333. The third-order valence-electron chi connectivity index (χ3n) is 4.84. The number of hydrogen-bond donors (Lipinski definition) is 0. The van der Waals surface area contributed by atoms with Gasteiger partial charge in [-0.1, -0.05) is 49.4 Å². The van der Waals surface area contributed by atoms with E-state index >= 15 is 0 Å². The number of amides is 2. The van der Waals surface area contributed by atoms with Gasteiger partial charge < -0.3 is 4.42 Å². The van der Waals surface area contributed by atoms with Gasteiger partial charge in [0.1, 0.15) is 0 Å². The van der Waals surface area contributed by atoms with Crippen LogP contribution in [0.15, 0.2) is 46.0 Å². The zero-order valence-corrected chi connectivity index (χ0v) is 16.5. The van der Waals surface area contributed by atoms with Crippen molar-refractivity contribution in [2.45, 2.75) is 37.8 Å². The first-order chi connectivity index (χ1) is 13.7. The van der Waals surface area contributed by atoms with E-state index in [0.717, 1.165) is 35.8 Å². The first kappa shape index (κ1) is 18.7. The molecule has 0 saturated carbocycles. The van der Waals surface area contributed by atoms with Gasteiger partial charge in [0.25, 0.3) is 17.0 Å². The van der Waals surface area contributed by atoms with E-state index in [2.05, 4.69) is 10.2 Å². The molecule has 1 aromatic heterocycles. The Balaban J connectivity index is 1.35. The molecule has 2 amide bonds. The number of benzene rings is 2. The minimum Gasteiger partial charge on any atom is -0.416 e. The van der Waals surface area contributed by atoms with Crippen LogP contribution in [0.25, 0.3) is 10.8 Å². The lowest BCUT2D eigenvalue weighted by molar-refractivity contribution is 0.0607. The van der Waals surface area contributed by atoms with E-state index in [4.69, 9.17) is 4.42 Å². The van der Waals surface area contributed by atoms with E-state index in [1.807, 2.05) is 31.2 Å². The maximum Gasteiger partial charge on any atom is 0.276 e. The second-order valence-corrected chi connectivity index (χ2v) is 7.89. The summed E-state index contributed by atoms with van der Waals surface area (Å²) in [5, 5.41) is 10.3. The Morgan fingerprint density at radius 1 is 0.964 bits per heavy atom. The molecule has 144 valence electrons. The molecule has 28 heavy (non-hydrogen) atoms. The number of aromatic nitrogens is 2. The van der Waals surface area contributed by atoms with Crippen LogP contribution in [0.1, 0.15) is 52.8 Å². The molecule has 0 atom stereocenters. The fourth-order valence-corrected chi connectivity index (χ4v) is 4.03. The number of rotatable bonds is 8. The summed E-state index contributed by atoms with van der Waals surface area (Å²) in [6, 6.07) is 11.2. The van der Waals surface area contributed by atoms with Gasteiger partial charge in [0.2, 0.25) is 5.89 Å². The number of thioether (sulfide) groups is 1. The van der Waals surface area contributed by atoms with Crippen LogP contribution in [-0.4, -0.2) is 39.2 Å². The van der Waals surface area contributed by atoms with Gasteiger partial charge >= 0.3 is 0 Å². The molecule has 2 heterocycles. The van der Waals surface area contributed by atoms with E-state index in [1.165, 1.54) is 16.7 Å². The molecular formula is C21H21N3O3S. The van der Waals surface area contributed by atoms with Crippen molar-refractivity contribution in [2.75, 3.05) is 12.3 Å². The lowest BCUT2D eigenvalue weighted by Gasteiger charge is -2.27. The molecule has 2 aromatic carbocycles. The summed E-state index contributed by atoms with van der Waals surface area (Å²) in [6.45, 7) is 2.46. The van der Waals surface area contributed by atoms with Crippen molar-refractivity contribution in [3.8, 4) is 0 Å². The third-order valence-corrected chi connectivity index (χ3v) is 5.54. The van der Waals surface area contributed by atoms with Crippen molar-refractivity contribution in [1.29, 1.82) is 0 Å². The lowest BCUT2D eigenvalue weighted by Crippen LogP contribution is -2.40. The SMILES string of the molecule is CCSc1nnc(CCCCCN2C(=O)c3cccc4cccc(c34)C2=O)o1. The van der Waals surface area contributed by atoms with Gasteiger partial charge in [-0.15, -0.1) is 10.2 Å². The summed E-state index contributed by atoms with van der Waals surface area (Å²) < 4.78 is 5.55. The average Bonchev–Trinajstić information content (AvgIpc) is 3.15. The quantitative estimate of drug-likeness (QED) is 0.321. The van der Waals surface area contributed by atoms with Crippen LogP contribution in [0.4, 0.5) is 0 Å². The summed E-state index contributed by atoms with van der Waals surface area (Å²) in [6.07, 6.45) is 3.21. The van der Waals surface area contributed by atoms with E-state index in [-0.39, 0.29) is 11.8 Å². The largest absolute Gasteiger partial charge is 0.416 e. The van der Waals surface area contributed by atoms with Gasteiger partial charge in [-0.3, -0.25) is 14.5 Å². The van der Waals surface area contributed by atoms with E-state index in [1.54, 1.807) is 12.1 Å². The minimum atomic E-state index is -0.201. The molecular weight excluding hydrogens is 374 g/mol. The number of unbranched alkanes of at least 4 members (excludes halogenated alkanes) is 2. The minimum absolute atomic E-state index is 0.201. The number of carbonyl (C=O) groups is 2. The van der Waals surface area contributed by atoms with Crippen molar-refractivity contribution in [3.63, 3.8) is 0 Å². The van der Waals surface area contributed by atoms with Crippen LogP contribution < -0.4 is 0 Å². The van der Waals surface area contributed by atoms with Gasteiger partial charge in [0, 0.05) is 29.5 Å². The zero-order chi connectivity index (χ0) is 19.5. The summed E-state index contributed by atoms with van der Waals surface area (Å²) in [5.41, 5.74) is 1.22. The maximum atomic E-state index is 12.8. The number of hydrogen-bond acceptors (Lipinski definition) is 6. The van der Waals surface area contributed by atoms with Crippen LogP contribution in [0.3, 0.4) is 0 Å². The highest BCUT2D eigenvalue weighted by Gasteiger charge is 2.31. The second-order valence-electron chi connectivity index (χ2n) is 6.68.